The Morgan fingerprint density at radius 2 is 1.71 bits per heavy atom. The van der Waals surface area contributed by atoms with Gasteiger partial charge in [-0.2, -0.15) is 0 Å². The van der Waals surface area contributed by atoms with Crippen molar-refractivity contribution in [2.45, 2.75) is 33.4 Å². The molecule has 0 saturated heterocycles. The van der Waals surface area contributed by atoms with Crippen molar-refractivity contribution in [1.29, 1.82) is 0 Å². The zero-order chi connectivity index (χ0) is 27.2. The van der Waals surface area contributed by atoms with Crippen LogP contribution in [-0.2, 0) is 16.1 Å². The highest BCUT2D eigenvalue weighted by Crippen LogP contribution is 2.35. The number of anilines is 1. The number of amides is 3. The second-order valence-corrected chi connectivity index (χ2v) is 9.84. The largest absolute Gasteiger partial charge is 0.467 e. The van der Waals surface area contributed by atoms with Crippen molar-refractivity contribution in [3.05, 3.63) is 111 Å². The molecular weight excluding hydrogens is 505 g/mol. The molecule has 1 unspecified atom stereocenters. The van der Waals surface area contributed by atoms with Crippen LogP contribution >= 0.6 is 11.3 Å². The van der Waals surface area contributed by atoms with Gasteiger partial charge in [0.2, 0.25) is 11.8 Å². The van der Waals surface area contributed by atoms with Gasteiger partial charge in [0.15, 0.2) is 0 Å². The van der Waals surface area contributed by atoms with Crippen LogP contribution in [0.5, 0.6) is 0 Å². The Kier molecular flexibility index (Phi) is 8.38. The molecule has 9 heteroatoms. The lowest BCUT2D eigenvalue weighted by Gasteiger charge is -2.34. The number of carbonyl (C=O) groups excluding carboxylic acids is 3. The van der Waals surface area contributed by atoms with E-state index >= 15 is 4.39 Å². The van der Waals surface area contributed by atoms with E-state index in [-0.39, 0.29) is 18.7 Å². The summed E-state index contributed by atoms with van der Waals surface area (Å²) in [6.07, 6.45) is 1.49. The maximum absolute atomic E-state index is 15.2. The molecule has 0 aliphatic carbocycles. The lowest BCUT2D eigenvalue weighted by Crippen LogP contribution is -2.48. The minimum absolute atomic E-state index is 0.0294. The van der Waals surface area contributed by atoms with Crippen LogP contribution in [0.4, 0.5) is 10.1 Å². The first-order valence-electron chi connectivity index (χ1n) is 12.0. The van der Waals surface area contributed by atoms with Crippen molar-refractivity contribution in [2.24, 2.45) is 0 Å². The predicted octanol–water partition coefficient (Wildman–Crippen LogP) is 5.23. The smallest absolute Gasteiger partial charge is 0.261 e. The van der Waals surface area contributed by atoms with E-state index in [1.807, 2.05) is 32.9 Å². The summed E-state index contributed by atoms with van der Waals surface area (Å²) in [4.78, 5) is 41.9. The third-order valence-electron chi connectivity index (χ3n) is 6.01. The summed E-state index contributed by atoms with van der Waals surface area (Å²) in [5.74, 6) is -1.69. The minimum Gasteiger partial charge on any atom is -0.467 e. The van der Waals surface area contributed by atoms with Gasteiger partial charge in [0.05, 0.1) is 29.9 Å². The molecule has 3 amide bonds. The van der Waals surface area contributed by atoms with Crippen molar-refractivity contribution in [3.8, 4) is 0 Å². The van der Waals surface area contributed by atoms with Gasteiger partial charge in [0, 0.05) is 5.56 Å². The van der Waals surface area contributed by atoms with Gasteiger partial charge in [-0.1, -0.05) is 42.0 Å². The molecule has 2 heterocycles. The number of benzene rings is 2. The number of furan rings is 1. The second kappa shape index (κ2) is 11.9. The number of nitrogens with zero attached hydrogens (tertiary/aromatic N) is 1. The molecule has 0 fully saturated rings. The highest BCUT2D eigenvalue weighted by Gasteiger charge is 2.36. The van der Waals surface area contributed by atoms with Crippen molar-refractivity contribution in [2.75, 3.05) is 11.4 Å². The SMILES string of the molecule is Cc1cc(C)c(N(C(=O)CNC(=O)c2cccs2)C(C(=O)NCc2ccco2)c2ccccc2F)c(C)c1. The Morgan fingerprint density at radius 1 is 0.974 bits per heavy atom. The fourth-order valence-electron chi connectivity index (χ4n) is 4.46. The molecule has 2 N–H and O–H groups in total. The van der Waals surface area contributed by atoms with E-state index in [1.54, 1.807) is 35.7 Å². The van der Waals surface area contributed by atoms with E-state index in [9.17, 15) is 14.4 Å². The molecule has 2 aromatic heterocycles. The predicted molar refractivity (Wildman–Crippen MR) is 144 cm³/mol. The lowest BCUT2D eigenvalue weighted by molar-refractivity contribution is -0.126. The summed E-state index contributed by atoms with van der Waals surface area (Å²) in [6, 6.07) is 15.1. The molecule has 2 aromatic carbocycles. The maximum Gasteiger partial charge on any atom is 0.261 e. The van der Waals surface area contributed by atoms with Crippen molar-refractivity contribution in [1.82, 2.24) is 10.6 Å². The second-order valence-electron chi connectivity index (χ2n) is 8.89. The van der Waals surface area contributed by atoms with E-state index in [0.29, 0.717) is 16.3 Å². The fraction of sp³-hybridized carbons (Fsp3) is 0.207. The Hall–Kier alpha value is -4.24. The number of halogens is 1. The van der Waals surface area contributed by atoms with Crippen LogP contribution in [0.3, 0.4) is 0 Å². The highest BCUT2D eigenvalue weighted by atomic mass is 32.1. The van der Waals surface area contributed by atoms with Crippen LogP contribution in [0.25, 0.3) is 0 Å². The van der Waals surface area contributed by atoms with Crippen LogP contribution in [0, 0.1) is 26.6 Å². The van der Waals surface area contributed by atoms with Gasteiger partial charge in [-0.25, -0.2) is 4.39 Å². The molecular formula is C29H28FN3O4S. The summed E-state index contributed by atoms with van der Waals surface area (Å²) < 4.78 is 20.5. The molecule has 1 atom stereocenters. The molecule has 0 spiro atoms. The Labute approximate surface area is 224 Å². The van der Waals surface area contributed by atoms with E-state index in [2.05, 4.69) is 10.6 Å². The third kappa shape index (κ3) is 6.00. The van der Waals surface area contributed by atoms with E-state index in [0.717, 1.165) is 16.7 Å². The topological polar surface area (TPSA) is 91.7 Å². The van der Waals surface area contributed by atoms with Gasteiger partial charge < -0.3 is 15.1 Å². The summed E-state index contributed by atoms with van der Waals surface area (Å²) in [5, 5.41) is 7.18. The average molecular weight is 534 g/mol. The Morgan fingerprint density at radius 3 is 2.34 bits per heavy atom. The maximum atomic E-state index is 15.2. The Balaban J connectivity index is 1.77. The molecule has 0 radical (unpaired) electrons. The van der Waals surface area contributed by atoms with Crippen LogP contribution in [0.1, 0.15) is 43.7 Å². The molecule has 38 heavy (non-hydrogen) atoms. The fourth-order valence-corrected chi connectivity index (χ4v) is 5.10. The quantitative estimate of drug-likeness (QED) is 0.308. The van der Waals surface area contributed by atoms with Gasteiger partial charge in [0.25, 0.3) is 5.91 Å². The normalized spacial score (nSPS) is 11.6. The first-order valence-corrected chi connectivity index (χ1v) is 12.9. The molecule has 0 bridgehead atoms. The zero-order valence-corrected chi connectivity index (χ0v) is 22.1. The van der Waals surface area contributed by atoms with Crippen LogP contribution in [-0.4, -0.2) is 24.3 Å². The third-order valence-corrected chi connectivity index (χ3v) is 6.88. The summed E-state index contributed by atoms with van der Waals surface area (Å²) >= 11 is 1.25. The standard InChI is InChI=1S/C29H28FN3O4S/c1-18-14-19(2)26(20(3)15-18)33(25(34)17-32-28(35)24-11-7-13-38-24)27(22-9-4-5-10-23(22)30)29(36)31-16-21-8-6-12-37-21/h4-15,27H,16-17H2,1-3H3,(H,31,36)(H,32,35). The molecule has 0 saturated carbocycles. The number of thiophene rings is 1. The van der Waals surface area contributed by atoms with Crippen molar-refractivity contribution in [3.63, 3.8) is 0 Å². The molecule has 4 rings (SSSR count). The van der Waals surface area contributed by atoms with Crippen molar-refractivity contribution < 1.29 is 23.2 Å². The molecule has 0 aliphatic rings. The van der Waals surface area contributed by atoms with Gasteiger partial charge in [-0.3, -0.25) is 19.3 Å². The average Bonchev–Trinajstić information content (AvgIpc) is 3.60. The van der Waals surface area contributed by atoms with E-state index in [4.69, 9.17) is 4.42 Å². The summed E-state index contributed by atoms with van der Waals surface area (Å²) in [7, 11) is 0. The first kappa shape index (κ1) is 26.8. The van der Waals surface area contributed by atoms with Crippen LogP contribution in [0.2, 0.25) is 0 Å². The number of aryl methyl sites for hydroxylation is 3. The summed E-state index contributed by atoms with van der Waals surface area (Å²) in [5.41, 5.74) is 2.96. The number of rotatable bonds is 9. The number of carbonyl (C=O) groups is 3. The molecule has 0 aliphatic heterocycles. The van der Waals surface area contributed by atoms with Crippen LogP contribution in [0.15, 0.2) is 76.7 Å². The van der Waals surface area contributed by atoms with Crippen LogP contribution < -0.4 is 15.5 Å². The minimum atomic E-state index is -1.35. The monoisotopic (exact) mass is 533 g/mol. The number of hydrogen-bond donors (Lipinski definition) is 2. The van der Waals surface area contributed by atoms with Gasteiger partial charge in [-0.15, -0.1) is 11.3 Å². The molecule has 7 nitrogen and oxygen atoms in total. The highest BCUT2D eigenvalue weighted by molar-refractivity contribution is 7.12. The summed E-state index contributed by atoms with van der Waals surface area (Å²) in [6.45, 7) is 5.26. The van der Waals surface area contributed by atoms with E-state index < -0.39 is 29.6 Å². The molecule has 4 aromatic rings. The van der Waals surface area contributed by atoms with Gasteiger partial charge >= 0.3 is 0 Å². The molecule has 196 valence electrons. The van der Waals surface area contributed by atoms with E-state index in [1.165, 1.54) is 40.7 Å². The Bertz CT molecular complexity index is 1410. The lowest BCUT2D eigenvalue weighted by atomic mass is 9.98. The first-order chi connectivity index (χ1) is 18.3. The van der Waals surface area contributed by atoms with Crippen molar-refractivity contribution >= 4 is 34.7 Å². The number of hydrogen-bond acceptors (Lipinski definition) is 5. The van der Waals surface area contributed by atoms with Gasteiger partial charge in [0.1, 0.15) is 17.6 Å². The zero-order valence-electron chi connectivity index (χ0n) is 21.3. The number of nitrogens with one attached hydrogen (secondary N) is 2. The van der Waals surface area contributed by atoms with Gasteiger partial charge in [-0.05, 0) is 61.5 Å².